The van der Waals surface area contributed by atoms with Gasteiger partial charge in [0.2, 0.25) is 5.91 Å². The first-order chi connectivity index (χ1) is 13.3. The molecule has 146 valence electrons. The Hall–Kier alpha value is -3.14. The molecule has 28 heavy (non-hydrogen) atoms. The van der Waals surface area contributed by atoms with E-state index in [9.17, 15) is 14.4 Å². The number of nitrogens with one attached hydrogen (secondary N) is 1. The lowest BCUT2D eigenvalue weighted by atomic mass is 10.3. The standard InChI is InChI=1S/C18H20N6O3S/c1-11-8-17(27)23(10-20-11)9-15(25)19-6-7-24-16(26)5-4-14(22-24)18-12(2)21-13(3)28-18/h4-5,8,10H,6-7,9H2,1-3H3,(H,19,25). The van der Waals surface area contributed by atoms with Crippen LogP contribution in [0.2, 0.25) is 0 Å². The molecule has 0 aliphatic rings. The van der Waals surface area contributed by atoms with E-state index in [1.54, 1.807) is 13.0 Å². The van der Waals surface area contributed by atoms with Gasteiger partial charge in [-0.3, -0.25) is 19.0 Å². The Kier molecular flexibility index (Phi) is 5.78. The topological polar surface area (TPSA) is 112 Å². The number of carbonyl (C=O) groups excluding carboxylic acids is 1. The zero-order valence-electron chi connectivity index (χ0n) is 15.8. The van der Waals surface area contributed by atoms with Crippen molar-refractivity contribution < 1.29 is 4.79 Å². The number of aryl methyl sites for hydroxylation is 3. The average Bonchev–Trinajstić information content (AvgIpc) is 2.97. The van der Waals surface area contributed by atoms with Crippen LogP contribution in [0.25, 0.3) is 10.6 Å². The van der Waals surface area contributed by atoms with Gasteiger partial charge in [0.05, 0.1) is 28.5 Å². The van der Waals surface area contributed by atoms with Crippen molar-refractivity contribution in [2.45, 2.75) is 33.9 Å². The molecule has 0 aromatic carbocycles. The molecule has 0 aliphatic heterocycles. The molecule has 1 amide bonds. The summed E-state index contributed by atoms with van der Waals surface area (Å²) >= 11 is 1.52. The van der Waals surface area contributed by atoms with Gasteiger partial charge in [0.25, 0.3) is 11.1 Å². The zero-order chi connectivity index (χ0) is 20.3. The normalized spacial score (nSPS) is 10.8. The Labute approximate surface area is 164 Å². The van der Waals surface area contributed by atoms with Crippen molar-refractivity contribution in [3.8, 4) is 10.6 Å². The van der Waals surface area contributed by atoms with Gasteiger partial charge in [0.15, 0.2) is 0 Å². The quantitative estimate of drug-likeness (QED) is 0.651. The van der Waals surface area contributed by atoms with Crippen LogP contribution in [0.4, 0.5) is 0 Å². The SMILES string of the molecule is Cc1cc(=O)n(CC(=O)NCCn2nc(-c3sc(C)nc3C)ccc2=O)cn1. The van der Waals surface area contributed by atoms with Gasteiger partial charge in [-0.25, -0.2) is 14.6 Å². The van der Waals surface area contributed by atoms with Crippen molar-refractivity contribution in [3.63, 3.8) is 0 Å². The second-order valence-corrected chi connectivity index (χ2v) is 7.48. The molecule has 10 heteroatoms. The maximum atomic E-state index is 12.1. The van der Waals surface area contributed by atoms with Crippen LogP contribution in [0.3, 0.4) is 0 Å². The van der Waals surface area contributed by atoms with Crippen LogP contribution in [0.15, 0.2) is 34.1 Å². The molecule has 0 radical (unpaired) electrons. The lowest BCUT2D eigenvalue weighted by molar-refractivity contribution is -0.121. The van der Waals surface area contributed by atoms with Crippen molar-refractivity contribution in [1.82, 2.24) is 29.6 Å². The van der Waals surface area contributed by atoms with Crippen LogP contribution in [0.5, 0.6) is 0 Å². The molecule has 0 unspecified atom stereocenters. The van der Waals surface area contributed by atoms with E-state index in [2.05, 4.69) is 20.4 Å². The van der Waals surface area contributed by atoms with Crippen LogP contribution in [0, 0.1) is 20.8 Å². The minimum atomic E-state index is -0.342. The van der Waals surface area contributed by atoms with Gasteiger partial charge in [-0.2, -0.15) is 5.10 Å². The molecule has 0 spiro atoms. The second kappa shape index (κ2) is 8.26. The Morgan fingerprint density at radius 1 is 1.18 bits per heavy atom. The Morgan fingerprint density at radius 2 is 1.96 bits per heavy atom. The number of hydrogen-bond acceptors (Lipinski definition) is 7. The van der Waals surface area contributed by atoms with Crippen LogP contribution >= 0.6 is 11.3 Å². The van der Waals surface area contributed by atoms with Crippen molar-refractivity contribution in [3.05, 3.63) is 61.6 Å². The third kappa shape index (κ3) is 4.58. The summed E-state index contributed by atoms with van der Waals surface area (Å²) in [5, 5.41) is 8.00. The zero-order valence-corrected chi connectivity index (χ0v) is 16.6. The van der Waals surface area contributed by atoms with Crippen LogP contribution in [-0.2, 0) is 17.9 Å². The van der Waals surface area contributed by atoms with Gasteiger partial charge in [0.1, 0.15) is 12.2 Å². The van der Waals surface area contributed by atoms with Crippen molar-refractivity contribution in [1.29, 1.82) is 0 Å². The molecule has 0 saturated carbocycles. The first kappa shape index (κ1) is 19.6. The summed E-state index contributed by atoms with van der Waals surface area (Å²) in [4.78, 5) is 45.2. The van der Waals surface area contributed by atoms with E-state index in [4.69, 9.17) is 0 Å². The smallest absolute Gasteiger partial charge is 0.266 e. The van der Waals surface area contributed by atoms with Gasteiger partial charge in [-0.1, -0.05) is 0 Å². The van der Waals surface area contributed by atoms with Gasteiger partial charge < -0.3 is 5.32 Å². The number of aromatic nitrogens is 5. The average molecular weight is 400 g/mol. The molecule has 0 aliphatic carbocycles. The molecule has 9 nitrogen and oxygen atoms in total. The fourth-order valence-electron chi connectivity index (χ4n) is 2.65. The van der Waals surface area contributed by atoms with Crippen molar-refractivity contribution in [2.24, 2.45) is 0 Å². The van der Waals surface area contributed by atoms with Crippen molar-refractivity contribution >= 4 is 17.2 Å². The van der Waals surface area contributed by atoms with E-state index in [0.717, 1.165) is 15.6 Å². The van der Waals surface area contributed by atoms with Crippen LogP contribution in [-0.4, -0.2) is 36.8 Å². The Morgan fingerprint density at radius 3 is 2.64 bits per heavy atom. The molecule has 3 aromatic heterocycles. The Bertz CT molecular complexity index is 1130. The minimum Gasteiger partial charge on any atom is -0.353 e. The predicted octanol–water partition coefficient (Wildman–Crippen LogP) is 0.665. The summed E-state index contributed by atoms with van der Waals surface area (Å²) in [7, 11) is 0. The summed E-state index contributed by atoms with van der Waals surface area (Å²) in [5.74, 6) is -0.342. The van der Waals surface area contributed by atoms with Crippen molar-refractivity contribution in [2.75, 3.05) is 6.54 Å². The van der Waals surface area contributed by atoms with Crippen LogP contribution < -0.4 is 16.4 Å². The monoisotopic (exact) mass is 400 g/mol. The van der Waals surface area contributed by atoms with E-state index in [0.29, 0.717) is 11.4 Å². The lowest BCUT2D eigenvalue weighted by Gasteiger charge is -2.09. The van der Waals surface area contributed by atoms with E-state index in [1.807, 2.05) is 13.8 Å². The third-order valence-electron chi connectivity index (χ3n) is 3.98. The van der Waals surface area contributed by atoms with Crippen LogP contribution in [0.1, 0.15) is 16.4 Å². The molecular weight excluding hydrogens is 380 g/mol. The largest absolute Gasteiger partial charge is 0.353 e. The first-order valence-electron chi connectivity index (χ1n) is 8.66. The predicted molar refractivity (Wildman–Crippen MR) is 105 cm³/mol. The maximum Gasteiger partial charge on any atom is 0.266 e. The molecule has 0 fully saturated rings. The highest BCUT2D eigenvalue weighted by Gasteiger charge is 2.11. The molecule has 3 aromatic rings. The highest BCUT2D eigenvalue weighted by molar-refractivity contribution is 7.15. The third-order valence-corrected chi connectivity index (χ3v) is 5.07. The molecule has 0 atom stereocenters. The summed E-state index contributed by atoms with van der Waals surface area (Å²) in [6.07, 6.45) is 1.34. The Balaban J connectivity index is 1.63. The van der Waals surface area contributed by atoms with E-state index in [-0.39, 0.29) is 36.7 Å². The molecule has 0 saturated heterocycles. The van der Waals surface area contributed by atoms with Gasteiger partial charge in [-0.15, -0.1) is 11.3 Å². The number of nitrogens with zero attached hydrogens (tertiary/aromatic N) is 5. The lowest BCUT2D eigenvalue weighted by Crippen LogP contribution is -2.35. The summed E-state index contributed by atoms with van der Waals surface area (Å²) in [6.45, 7) is 5.83. The molecule has 3 rings (SSSR count). The van der Waals surface area contributed by atoms with E-state index < -0.39 is 0 Å². The highest BCUT2D eigenvalue weighted by Crippen LogP contribution is 2.27. The summed E-state index contributed by atoms with van der Waals surface area (Å²) in [6, 6.07) is 4.50. The molecule has 3 heterocycles. The fourth-order valence-corrected chi connectivity index (χ4v) is 3.53. The first-order valence-corrected chi connectivity index (χ1v) is 9.47. The summed E-state index contributed by atoms with van der Waals surface area (Å²) < 4.78 is 2.53. The minimum absolute atomic E-state index is 0.131. The van der Waals surface area contributed by atoms with E-state index >= 15 is 0 Å². The number of hydrogen-bond donors (Lipinski definition) is 1. The number of amides is 1. The number of carbonyl (C=O) groups is 1. The molecule has 0 bridgehead atoms. The van der Waals surface area contributed by atoms with E-state index in [1.165, 1.54) is 39.0 Å². The maximum absolute atomic E-state index is 12.1. The van der Waals surface area contributed by atoms with Gasteiger partial charge in [-0.05, 0) is 26.8 Å². The second-order valence-electron chi connectivity index (χ2n) is 6.27. The summed E-state index contributed by atoms with van der Waals surface area (Å²) in [5.41, 5.74) is 1.59. The molecular formula is C18H20N6O3S. The number of rotatable bonds is 6. The van der Waals surface area contributed by atoms with Gasteiger partial charge in [0, 0.05) is 24.4 Å². The highest BCUT2D eigenvalue weighted by atomic mass is 32.1. The van der Waals surface area contributed by atoms with Gasteiger partial charge >= 0.3 is 0 Å². The molecule has 1 N–H and O–H groups in total. The fraction of sp³-hybridized carbons (Fsp3) is 0.333. The number of thiazole rings is 1.